The Kier molecular flexibility index (Phi) is 8.90. The van der Waals surface area contributed by atoms with Gasteiger partial charge < -0.3 is 11.1 Å². The van der Waals surface area contributed by atoms with Gasteiger partial charge in [0.2, 0.25) is 5.91 Å². The van der Waals surface area contributed by atoms with Crippen molar-refractivity contribution in [1.29, 1.82) is 0 Å². The van der Waals surface area contributed by atoms with Crippen molar-refractivity contribution in [2.24, 2.45) is 17.6 Å². The lowest BCUT2D eigenvalue weighted by molar-refractivity contribution is -0.126. The molecule has 3 rings (SSSR count). The number of nitrogens with zero attached hydrogens (tertiary/aromatic N) is 1. The standard InChI is InChI=1S/C19H23N3O.2ClH/c20-11-16-3-1-5-18(16)19(23)22-12-14-6-8-15(9-7-14)17-4-2-10-21-13-17;;/h2,4,6-10,13,16,18H,1,3,5,11-12,20H2,(H,22,23);2*1H/t16-,18-;;/m1../s1. The Hall–Kier alpha value is -1.62. The first-order chi connectivity index (χ1) is 11.3. The van der Waals surface area contributed by atoms with Crippen molar-refractivity contribution in [2.75, 3.05) is 6.54 Å². The van der Waals surface area contributed by atoms with Gasteiger partial charge in [0.1, 0.15) is 0 Å². The summed E-state index contributed by atoms with van der Waals surface area (Å²) in [4.78, 5) is 16.4. The van der Waals surface area contributed by atoms with Crippen LogP contribution in [0.3, 0.4) is 0 Å². The van der Waals surface area contributed by atoms with Crippen LogP contribution in [0, 0.1) is 11.8 Å². The third-order valence-electron chi connectivity index (χ3n) is 4.71. The van der Waals surface area contributed by atoms with Crippen molar-refractivity contribution in [2.45, 2.75) is 25.8 Å². The summed E-state index contributed by atoms with van der Waals surface area (Å²) in [7, 11) is 0. The van der Waals surface area contributed by atoms with E-state index in [1.807, 2.05) is 18.3 Å². The van der Waals surface area contributed by atoms with Crippen LogP contribution >= 0.6 is 24.8 Å². The molecule has 1 heterocycles. The Balaban J connectivity index is 0.00000156. The molecule has 1 saturated carbocycles. The van der Waals surface area contributed by atoms with Crippen LogP contribution in [0.5, 0.6) is 0 Å². The highest BCUT2D eigenvalue weighted by Crippen LogP contribution is 2.31. The number of pyridine rings is 1. The van der Waals surface area contributed by atoms with Crippen LogP contribution in [0.15, 0.2) is 48.8 Å². The number of amides is 1. The van der Waals surface area contributed by atoms with Crippen LogP contribution in [-0.2, 0) is 11.3 Å². The van der Waals surface area contributed by atoms with E-state index in [0.717, 1.165) is 36.0 Å². The van der Waals surface area contributed by atoms with Crippen LogP contribution in [0.2, 0.25) is 0 Å². The van der Waals surface area contributed by atoms with Gasteiger partial charge in [0.15, 0.2) is 0 Å². The van der Waals surface area contributed by atoms with E-state index in [0.29, 0.717) is 19.0 Å². The highest BCUT2D eigenvalue weighted by Gasteiger charge is 2.31. The molecule has 2 aromatic rings. The van der Waals surface area contributed by atoms with Gasteiger partial charge >= 0.3 is 0 Å². The van der Waals surface area contributed by atoms with Gasteiger partial charge in [0.05, 0.1) is 0 Å². The van der Waals surface area contributed by atoms with Gasteiger partial charge in [-0.05, 0) is 48.1 Å². The van der Waals surface area contributed by atoms with Gasteiger partial charge in [0, 0.05) is 24.9 Å². The third-order valence-corrected chi connectivity index (χ3v) is 4.71. The molecule has 0 unspecified atom stereocenters. The molecule has 1 aliphatic rings. The fraction of sp³-hybridized carbons (Fsp3) is 0.368. The second-order valence-electron chi connectivity index (χ2n) is 6.19. The first-order valence-corrected chi connectivity index (χ1v) is 8.25. The number of nitrogens with one attached hydrogen (secondary N) is 1. The molecular formula is C19H25Cl2N3O. The largest absolute Gasteiger partial charge is 0.352 e. The lowest BCUT2D eigenvalue weighted by atomic mass is 9.95. The number of hydrogen-bond acceptors (Lipinski definition) is 3. The molecule has 0 saturated heterocycles. The molecule has 1 aromatic heterocycles. The molecule has 0 spiro atoms. The maximum atomic E-state index is 12.3. The third kappa shape index (κ3) is 5.43. The minimum atomic E-state index is 0. The number of aromatic nitrogens is 1. The quantitative estimate of drug-likeness (QED) is 0.831. The van der Waals surface area contributed by atoms with E-state index < -0.39 is 0 Å². The van der Waals surface area contributed by atoms with Gasteiger partial charge in [-0.2, -0.15) is 0 Å². The maximum absolute atomic E-state index is 12.3. The predicted molar refractivity (Wildman–Crippen MR) is 106 cm³/mol. The first-order valence-electron chi connectivity index (χ1n) is 8.25. The van der Waals surface area contributed by atoms with E-state index in [1.54, 1.807) is 6.20 Å². The molecule has 2 atom stereocenters. The Bertz CT molecular complexity index is 649. The van der Waals surface area contributed by atoms with E-state index >= 15 is 0 Å². The van der Waals surface area contributed by atoms with E-state index in [-0.39, 0.29) is 36.6 Å². The van der Waals surface area contributed by atoms with Crippen molar-refractivity contribution in [1.82, 2.24) is 10.3 Å². The molecule has 0 radical (unpaired) electrons. The lowest BCUT2D eigenvalue weighted by Crippen LogP contribution is -2.34. The van der Waals surface area contributed by atoms with Crippen LogP contribution in [-0.4, -0.2) is 17.4 Å². The Morgan fingerprint density at radius 1 is 1.12 bits per heavy atom. The van der Waals surface area contributed by atoms with Crippen LogP contribution in [0.25, 0.3) is 11.1 Å². The number of benzene rings is 1. The molecule has 3 N–H and O–H groups in total. The fourth-order valence-electron chi connectivity index (χ4n) is 3.33. The smallest absolute Gasteiger partial charge is 0.223 e. The average molecular weight is 382 g/mol. The molecule has 6 heteroatoms. The van der Waals surface area contributed by atoms with E-state index in [4.69, 9.17) is 5.73 Å². The van der Waals surface area contributed by atoms with E-state index in [1.165, 1.54) is 0 Å². The van der Waals surface area contributed by atoms with E-state index in [9.17, 15) is 4.79 Å². The summed E-state index contributed by atoms with van der Waals surface area (Å²) in [5, 5.41) is 3.06. The Labute approximate surface area is 161 Å². The minimum absolute atomic E-state index is 0. The number of carbonyl (C=O) groups is 1. The second-order valence-corrected chi connectivity index (χ2v) is 6.19. The van der Waals surface area contributed by atoms with Crippen LogP contribution in [0.4, 0.5) is 0 Å². The van der Waals surface area contributed by atoms with Crippen molar-refractivity contribution in [3.8, 4) is 11.1 Å². The van der Waals surface area contributed by atoms with Gasteiger partial charge in [0.25, 0.3) is 0 Å². The maximum Gasteiger partial charge on any atom is 0.223 e. The minimum Gasteiger partial charge on any atom is -0.352 e. The second kappa shape index (κ2) is 10.4. The van der Waals surface area contributed by atoms with E-state index in [2.05, 4.69) is 34.6 Å². The highest BCUT2D eigenvalue weighted by molar-refractivity contribution is 5.85. The summed E-state index contributed by atoms with van der Waals surface area (Å²) in [5.41, 5.74) is 9.09. The van der Waals surface area contributed by atoms with Crippen molar-refractivity contribution >= 4 is 30.7 Å². The van der Waals surface area contributed by atoms with Gasteiger partial charge in [-0.3, -0.25) is 9.78 Å². The molecule has 25 heavy (non-hydrogen) atoms. The molecule has 1 aromatic carbocycles. The predicted octanol–water partition coefficient (Wildman–Crippen LogP) is 3.58. The lowest BCUT2D eigenvalue weighted by Gasteiger charge is -2.17. The molecule has 1 aliphatic carbocycles. The fourth-order valence-corrected chi connectivity index (χ4v) is 3.33. The summed E-state index contributed by atoms with van der Waals surface area (Å²) >= 11 is 0. The van der Waals surface area contributed by atoms with Gasteiger partial charge in [-0.1, -0.05) is 36.8 Å². The van der Waals surface area contributed by atoms with Crippen LogP contribution < -0.4 is 11.1 Å². The SMILES string of the molecule is Cl.Cl.NC[C@H]1CCC[C@H]1C(=O)NCc1ccc(-c2cccnc2)cc1. The zero-order valence-electron chi connectivity index (χ0n) is 14.1. The Morgan fingerprint density at radius 2 is 1.88 bits per heavy atom. The number of carbonyl (C=O) groups excluding carboxylic acids is 1. The number of nitrogens with two attached hydrogens (primary N) is 1. The van der Waals surface area contributed by atoms with Crippen molar-refractivity contribution in [3.05, 3.63) is 54.4 Å². The summed E-state index contributed by atoms with van der Waals surface area (Å²) in [6.45, 7) is 1.18. The summed E-state index contributed by atoms with van der Waals surface area (Å²) < 4.78 is 0. The van der Waals surface area contributed by atoms with Crippen LogP contribution in [0.1, 0.15) is 24.8 Å². The molecule has 4 nitrogen and oxygen atoms in total. The summed E-state index contributed by atoms with van der Waals surface area (Å²) in [6.07, 6.45) is 6.77. The molecule has 136 valence electrons. The summed E-state index contributed by atoms with van der Waals surface area (Å²) in [5.74, 6) is 0.590. The molecular weight excluding hydrogens is 357 g/mol. The molecule has 1 amide bonds. The van der Waals surface area contributed by atoms with Gasteiger partial charge in [-0.25, -0.2) is 0 Å². The molecule has 1 fully saturated rings. The number of hydrogen-bond donors (Lipinski definition) is 2. The topological polar surface area (TPSA) is 68.0 Å². The molecule has 0 bridgehead atoms. The number of halogens is 2. The molecule has 0 aliphatic heterocycles. The van der Waals surface area contributed by atoms with Gasteiger partial charge in [-0.15, -0.1) is 24.8 Å². The first kappa shape index (κ1) is 21.4. The monoisotopic (exact) mass is 381 g/mol. The van der Waals surface area contributed by atoms with Crippen molar-refractivity contribution in [3.63, 3.8) is 0 Å². The zero-order chi connectivity index (χ0) is 16.1. The average Bonchev–Trinajstić information content (AvgIpc) is 3.10. The summed E-state index contributed by atoms with van der Waals surface area (Å²) in [6, 6.07) is 12.2. The normalized spacial score (nSPS) is 18.8. The highest BCUT2D eigenvalue weighted by atomic mass is 35.5. The zero-order valence-corrected chi connectivity index (χ0v) is 15.7. The number of rotatable bonds is 5. The Morgan fingerprint density at radius 3 is 2.52 bits per heavy atom. The van der Waals surface area contributed by atoms with Crippen molar-refractivity contribution < 1.29 is 4.79 Å².